The smallest absolute Gasteiger partial charge is 0.255 e. The number of nitrogens with one attached hydrogen (secondary N) is 1. The number of rotatable bonds is 6. The van der Waals surface area contributed by atoms with Crippen LogP contribution in [0.2, 0.25) is 0 Å². The third-order valence-electron chi connectivity index (χ3n) is 2.03. The van der Waals surface area contributed by atoms with Crippen molar-refractivity contribution in [2.24, 2.45) is 5.11 Å². The number of azide groups is 1. The van der Waals surface area contributed by atoms with E-state index in [0.29, 0.717) is 30.8 Å². The van der Waals surface area contributed by atoms with Crippen LogP contribution in [0, 0.1) is 0 Å². The minimum atomic E-state index is -0.231. The minimum Gasteiger partial charge on any atom is -0.494 e. The van der Waals surface area contributed by atoms with Crippen LogP contribution in [-0.4, -0.2) is 31.1 Å². The predicted octanol–water partition coefficient (Wildman–Crippen LogP) is 1.52. The van der Waals surface area contributed by atoms with Gasteiger partial charge in [0.2, 0.25) is 0 Å². The Kier molecular flexibility index (Phi) is 5.33. The Labute approximate surface area is 98.4 Å². The molecule has 1 rings (SSSR count). The SMILES string of the molecule is COc1cnccc1C(=O)NCCCN=[N+]=[N-]. The normalized spacial score (nSPS) is 9.24. The Bertz CT molecular complexity index is 428. The number of ether oxygens (including phenoxy) is 1. The molecule has 0 fully saturated rings. The number of carbonyl (C=O) groups is 1. The number of carbonyl (C=O) groups excluding carboxylic acids is 1. The number of aromatic nitrogens is 1. The molecular formula is C10H13N5O2. The maximum Gasteiger partial charge on any atom is 0.255 e. The highest BCUT2D eigenvalue weighted by Gasteiger charge is 2.10. The zero-order valence-corrected chi connectivity index (χ0v) is 9.46. The fraction of sp³-hybridized carbons (Fsp3) is 0.400. The average molecular weight is 235 g/mol. The first-order valence-corrected chi connectivity index (χ1v) is 5.06. The second-order valence-corrected chi connectivity index (χ2v) is 3.14. The van der Waals surface area contributed by atoms with E-state index in [9.17, 15) is 4.79 Å². The average Bonchev–Trinajstić information content (AvgIpc) is 2.38. The van der Waals surface area contributed by atoms with Crippen LogP contribution in [0.25, 0.3) is 10.4 Å². The standard InChI is InChI=1S/C10H13N5O2/c1-17-9-7-12-6-3-8(9)10(16)13-4-2-5-14-15-11/h3,6-7H,2,4-5H2,1H3,(H,13,16). The number of hydrogen-bond acceptors (Lipinski definition) is 4. The van der Waals surface area contributed by atoms with Gasteiger partial charge < -0.3 is 10.1 Å². The van der Waals surface area contributed by atoms with Crippen molar-refractivity contribution in [1.29, 1.82) is 0 Å². The summed E-state index contributed by atoms with van der Waals surface area (Å²) >= 11 is 0. The molecule has 1 aromatic heterocycles. The summed E-state index contributed by atoms with van der Waals surface area (Å²) < 4.78 is 5.02. The molecule has 0 aromatic carbocycles. The molecule has 0 saturated heterocycles. The van der Waals surface area contributed by atoms with Gasteiger partial charge in [-0.2, -0.15) is 0 Å². The highest BCUT2D eigenvalue weighted by Crippen LogP contribution is 2.14. The Morgan fingerprint density at radius 3 is 3.24 bits per heavy atom. The van der Waals surface area contributed by atoms with Gasteiger partial charge in [0.05, 0.1) is 18.9 Å². The van der Waals surface area contributed by atoms with Crippen molar-refractivity contribution < 1.29 is 9.53 Å². The lowest BCUT2D eigenvalue weighted by Gasteiger charge is -2.07. The lowest BCUT2D eigenvalue weighted by atomic mass is 10.2. The van der Waals surface area contributed by atoms with Crippen molar-refractivity contribution in [3.63, 3.8) is 0 Å². The number of hydrogen-bond donors (Lipinski definition) is 1. The molecule has 0 spiro atoms. The van der Waals surface area contributed by atoms with Crippen LogP contribution >= 0.6 is 0 Å². The first kappa shape index (κ1) is 12.8. The highest BCUT2D eigenvalue weighted by molar-refractivity contribution is 5.96. The van der Waals surface area contributed by atoms with E-state index in [-0.39, 0.29) is 5.91 Å². The fourth-order valence-electron chi connectivity index (χ4n) is 1.22. The molecule has 0 aliphatic rings. The molecule has 90 valence electrons. The van der Waals surface area contributed by atoms with Crippen molar-refractivity contribution in [2.45, 2.75) is 6.42 Å². The van der Waals surface area contributed by atoms with Gasteiger partial charge in [0.15, 0.2) is 0 Å². The first-order valence-electron chi connectivity index (χ1n) is 5.06. The molecule has 1 heterocycles. The minimum absolute atomic E-state index is 0.231. The molecule has 0 aliphatic carbocycles. The van der Waals surface area contributed by atoms with Crippen molar-refractivity contribution >= 4 is 5.91 Å². The van der Waals surface area contributed by atoms with Gasteiger partial charge in [0, 0.05) is 24.2 Å². The summed E-state index contributed by atoms with van der Waals surface area (Å²) in [5.74, 6) is 0.199. The van der Waals surface area contributed by atoms with Gasteiger partial charge in [-0.05, 0) is 18.0 Å². The molecule has 17 heavy (non-hydrogen) atoms. The van der Waals surface area contributed by atoms with Gasteiger partial charge in [-0.15, -0.1) is 0 Å². The van der Waals surface area contributed by atoms with E-state index < -0.39 is 0 Å². The van der Waals surface area contributed by atoms with Crippen LogP contribution in [-0.2, 0) is 0 Å². The zero-order valence-electron chi connectivity index (χ0n) is 9.46. The van der Waals surface area contributed by atoms with E-state index in [1.54, 1.807) is 6.07 Å². The molecule has 0 saturated carbocycles. The zero-order chi connectivity index (χ0) is 12.5. The molecule has 0 unspecified atom stereocenters. The molecule has 1 N–H and O–H groups in total. The van der Waals surface area contributed by atoms with E-state index in [2.05, 4.69) is 20.3 Å². The molecule has 0 aliphatic heterocycles. The quantitative estimate of drug-likeness (QED) is 0.350. The van der Waals surface area contributed by atoms with Crippen LogP contribution in [0.4, 0.5) is 0 Å². The monoisotopic (exact) mass is 235 g/mol. The number of nitrogens with zero attached hydrogens (tertiary/aromatic N) is 4. The second-order valence-electron chi connectivity index (χ2n) is 3.14. The maximum absolute atomic E-state index is 11.7. The summed E-state index contributed by atoms with van der Waals surface area (Å²) in [6, 6.07) is 1.58. The summed E-state index contributed by atoms with van der Waals surface area (Å²) in [5, 5.41) is 6.07. The lowest BCUT2D eigenvalue weighted by molar-refractivity contribution is 0.0950. The van der Waals surface area contributed by atoms with E-state index >= 15 is 0 Å². The first-order chi connectivity index (χ1) is 8.29. The Hall–Kier alpha value is -2.27. The summed E-state index contributed by atoms with van der Waals surface area (Å²) in [4.78, 5) is 18.2. The molecule has 0 bridgehead atoms. The van der Waals surface area contributed by atoms with E-state index in [0.717, 1.165) is 0 Å². The summed E-state index contributed by atoms with van der Waals surface area (Å²) in [6.45, 7) is 0.813. The van der Waals surface area contributed by atoms with Gasteiger partial charge in [-0.3, -0.25) is 9.78 Å². The summed E-state index contributed by atoms with van der Waals surface area (Å²) in [6.07, 6.45) is 3.61. The molecule has 0 atom stereocenters. The summed E-state index contributed by atoms with van der Waals surface area (Å²) in [5.41, 5.74) is 8.50. The van der Waals surface area contributed by atoms with E-state index in [4.69, 9.17) is 10.3 Å². The van der Waals surface area contributed by atoms with E-state index in [1.807, 2.05) is 0 Å². The van der Waals surface area contributed by atoms with Crippen LogP contribution in [0.5, 0.6) is 5.75 Å². The second kappa shape index (κ2) is 7.08. The van der Waals surface area contributed by atoms with Gasteiger partial charge in [-0.25, -0.2) is 0 Å². The molecule has 1 amide bonds. The van der Waals surface area contributed by atoms with Gasteiger partial charge in [0.25, 0.3) is 5.91 Å². The van der Waals surface area contributed by atoms with Gasteiger partial charge in [0.1, 0.15) is 5.75 Å². The van der Waals surface area contributed by atoms with Crippen molar-refractivity contribution in [3.05, 3.63) is 34.5 Å². The van der Waals surface area contributed by atoms with Crippen molar-refractivity contribution in [2.75, 3.05) is 20.2 Å². The largest absolute Gasteiger partial charge is 0.494 e. The van der Waals surface area contributed by atoms with Gasteiger partial charge in [-0.1, -0.05) is 5.11 Å². The third kappa shape index (κ3) is 4.00. The van der Waals surface area contributed by atoms with Gasteiger partial charge >= 0.3 is 0 Å². The van der Waals surface area contributed by atoms with E-state index in [1.165, 1.54) is 19.5 Å². The van der Waals surface area contributed by atoms with Crippen molar-refractivity contribution in [1.82, 2.24) is 10.3 Å². The van der Waals surface area contributed by atoms with Crippen LogP contribution in [0.3, 0.4) is 0 Å². The predicted molar refractivity (Wildman–Crippen MR) is 61.8 cm³/mol. The van der Waals surface area contributed by atoms with Crippen LogP contribution < -0.4 is 10.1 Å². The Morgan fingerprint density at radius 2 is 2.53 bits per heavy atom. The summed E-state index contributed by atoms with van der Waals surface area (Å²) in [7, 11) is 1.48. The lowest BCUT2D eigenvalue weighted by Crippen LogP contribution is -2.25. The molecular weight excluding hydrogens is 222 g/mol. The fourth-order valence-corrected chi connectivity index (χ4v) is 1.22. The highest BCUT2D eigenvalue weighted by atomic mass is 16.5. The van der Waals surface area contributed by atoms with Crippen molar-refractivity contribution in [3.8, 4) is 5.75 Å². The molecule has 7 nitrogen and oxygen atoms in total. The molecule has 0 radical (unpaired) electrons. The number of amides is 1. The number of pyridine rings is 1. The molecule has 1 aromatic rings. The maximum atomic E-state index is 11.7. The topological polar surface area (TPSA) is 100.0 Å². The molecule has 7 heteroatoms. The van der Waals surface area contributed by atoms with Crippen LogP contribution in [0.1, 0.15) is 16.8 Å². The number of methoxy groups -OCH3 is 1. The Morgan fingerprint density at radius 1 is 1.71 bits per heavy atom. The Balaban J connectivity index is 2.49. The third-order valence-corrected chi connectivity index (χ3v) is 2.03. The van der Waals surface area contributed by atoms with Crippen LogP contribution in [0.15, 0.2) is 23.6 Å².